The lowest BCUT2D eigenvalue weighted by molar-refractivity contribution is 0.330. The maximum atomic E-state index is 7.30. The summed E-state index contributed by atoms with van der Waals surface area (Å²) in [6, 6.07) is 0. The Balaban J connectivity index is 3.69. The van der Waals surface area contributed by atoms with E-state index in [1.165, 1.54) is 0 Å². The van der Waals surface area contributed by atoms with Gasteiger partial charge in [-0.15, -0.1) is 0 Å². The Morgan fingerprint density at radius 1 is 1.70 bits per heavy atom. The monoisotopic (exact) mass is 143 g/mol. The minimum atomic E-state index is 0.266. The molecule has 0 aromatic carbocycles. The van der Waals surface area contributed by atoms with Crippen LogP contribution in [0.4, 0.5) is 0 Å². The molecule has 3 heteroatoms. The first-order chi connectivity index (χ1) is 4.59. The van der Waals surface area contributed by atoms with Crippen molar-refractivity contribution in [3.05, 3.63) is 0 Å². The van der Waals surface area contributed by atoms with E-state index in [0.29, 0.717) is 5.84 Å². The van der Waals surface area contributed by atoms with Crippen LogP contribution >= 0.6 is 0 Å². The Kier molecular flexibility index (Phi) is 4.03. The normalized spacial score (nSPS) is 12.8. The van der Waals surface area contributed by atoms with Crippen LogP contribution < -0.4 is 5.32 Å². The minimum Gasteiger partial charge on any atom is -0.349 e. The van der Waals surface area contributed by atoms with E-state index in [1.807, 2.05) is 18.9 Å². The third-order valence-corrected chi connectivity index (χ3v) is 1.61. The van der Waals surface area contributed by atoms with Gasteiger partial charge in [-0.05, 0) is 20.4 Å². The van der Waals surface area contributed by atoms with E-state index in [0.717, 1.165) is 6.54 Å². The van der Waals surface area contributed by atoms with Gasteiger partial charge in [0.1, 0.15) is 0 Å². The maximum Gasteiger partial charge on any atom is 0.0935 e. The smallest absolute Gasteiger partial charge is 0.0935 e. The number of amidine groups is 1. The third kappa shape index (κ3) is 2.82. The highest BCUT2D eigenvalue weighted by Crippen LogP contribution is 1.90. The Morgan fingerprint density at radius 2 is 2.20 bits per heavy atom. The zero-order valence-electron chi connectivity index (χ0n) is 7.23. The van der Waals surface area contributed by atoms with Gasteiger partial charge in [-0.25, -0.2) is 0 Å². The molecule has 3 nitrogen and oxygen atoms in total. The van der Waals surface area contributed by atoms with Crippen molar-refractivity contribution in [3.8, 4) is 0 Å². The molecule has 1 atom stereocenters. The van der Waals surface area contributed by atoms with Crippen molar-refractivity contribution in [1.82, 2.24) is 10.2 Å². The van der Waals surface area contributed by atoms with Crippen LogP contribution in [0.1, 0.15) is 20.8 Å². The molecular weight excluding hydrogens is 126 g/mol. The predicted octanol–water partition coefficient (Wildman–Crippen LogP) is 0.871. The van der Waals surface area contributed by atoms with Crippen LogP contribution in [0, 0.1) is 5.41 Å². The molecular formula is C7H17N3. The molecule has 2 N–H and O–H groups in total. The minimum absolute atomic E-state index is 0.266. The van der Waals surface area contributed by atoms with E-state index >= 15 is 0 Å². The van der Waals surface area contributed by atoms with Gasteiger partial charge in [0.05, 0.1) is 12.0 Å². The molecule has 0 spiro atoms. The fourth-order valence-electron chi connectivity index (χ4n) is 0.723. The lowest BCUT2D eigenvalue weighted by atomic mass is 10.4. The predicted molar refractivity (Wildman–Crippen MR) is 44.3 cm³/mol. The molecule has 60 valence electrons. The Labute approximate surface area is 62.9 Å². The van der Waals surface area contributed by atoms with Crippen LogP contribution in [0.15, 0.2) is 0 Å². The summed E-state index contributed by atoms with van der Waals surface area (Å²) >= 11 is 0. The second kappa shape index (κ2) is 4.28. The number of rotatable bonds is 3. The van der Waals surface area contributed by atoms with Gasteiger partial charge < -0.3 is 4.90 Å². The first kappa shape index (κ1) is 9.43. The highest BCUT2D eigenvalue weighted by atomic mass is 15.3. The zero-order valence-corrected chi connectivity index (χ0v) is 7.23. The molecule has 0 aliphatic rings. The lowest BCUT2D eigenvalue weighted by Gasteiger charge is -2.25. The van der Waals surface area contributed by atoms with E-state index in [4.69, 9.17) is 5.41 Å². The molecule has 0 radical (unpaired) electrons. The molecule has 0 aliphatic carbocycles. The molecule has 1 unspecified atom stereocenters. The van der Waals surface area contributed by atoms with Crippen LogP contribution in [0.3, 0.4) is 0 Å². The molecule has 0 fully saturated rings. The SMILES string of the molecule is CCNC(C)N(C)C(C)=N. The summed E-state index contributed by atoms with van der Waals surface area (Å²) in [7, 11) is 1.91. The molecule has 10 heavy (non-hydrogen) atoms. The summed E-state index contributed by atoms with van der Waals surface area (Å²) in [4.78, 5) is 1.89. The van der Waals surface area contributed by atoms with Crippen LogP contribution in [-0.2, 0) is 0 Å². The van der Waals surface area contributed by atoms with Gasteiger partial charge in [0.25, 0.3) is 0 Å². The Hall–Kier alpha value is -0.570. The fourth-order valence-corrected chi connectivity index (χ4v) is 0.723. The molecule has 0 saturated carbocycles. The van der Waals surface area contributed by atoms with E-state index < -0.39 is 0 Å². The van der Waals surface area contributed by atoms with Crippen molar-refractivity contribution in [2.45, 2.75) is 26.9 Å². The summed E-state index contributed by atoms with van der Waals surface area (Å²) < 4.78 is 0. The lowest BCUT2D eigenvalue weighted by Crippen LogP contribution is -2.43. The van der Waals surface area contributed by atoms with Gasteiger partial charge in [0, 0.05) is 7.05 Å². The van der Waals surface area contributed by atoms with E-state index in [9.17, 15) is 0 Å². The first-order valence-corrected chi connectivity index (χ1v) is 3.61. The fraction of sp³-hybridized carbons (Fsp3) is 0.857. The van der Waals surface area contributed by atoms with Crippen LogP contribution in [-0.4, -0.2) is 30.5 Å². The van der Waals surface area contributed by atoms with Crippen LogP contribution in [0.5, 0.6) is 0 Å². The van der Waals surface area contributed by atoms with Gasteiger partial charge >= 0.3 is 0 Å². The van der Waals surface area contributed by atoms with E-state index in [1.54, 1.807) is 6.92 Å². The van der Waals surface area contributed by atoms with Gasteiger partial charge in [0.15, 0.2) is 0 Å². The second-order valence-corrected chi connectivity index (χ2v) is 2.43. The topological polar surface area (TPSA) is 39.1 Å². The van der Waals surface area contributed by atoms with Crippen molar-refractivity contribution in [2.24, 2.45) is 0 Å². The van der Waals surface area contributed by atoms with Crippen molar-refractivity contribution >= 4 is 5.84 Å². The number of nitrogens with zero attached hydrogens (tertiary/aromatic N) is 1. The quantitative estimate of drug-likeness (QED) is 0.349. The molecule has 0 rings (SSSR count). The molecule has 0 aromatic heterocycles. The van der Waals surface area contributed by atoms with E-state index in [-0.39, 0.29) is 6.17 Å². The number of hydrogen-bond donors (Lipinski definition) is 2. The molecule has 0 heterocycles. The Bertz CT molecular complexity index is 111. The molecule has 0 aliphatic heterocycles. The average molecular weight is 143 g/mol. The third-order valence-electron chi connectivity index (χ3n) is 1.61. The Morgan fingerprint density at radius 3 is 2.50 bits per heavy atom. The summed E-state index contributed by atoms with van der Waals surface area (Å²) in [5.74, 6) is 0.591. The molecule has 0 amide bonds. The van der Waals surface area contributed by atoms with Crippen molar-refractivity contribution in [3.63, 3.8) is 0 Å². The average Bonchev–Trinajstić information content (AvgIpc) is 1.87. The highest BCUT2D eigenvalue weighted by molar-refractivity contribution is 5.76. The van der Waals surface area contributed by atoms with Gasteiger partial charge in [-0.1, -0.05) is 6.92 Å². The largest absolute Gasteiger partial charge is 0.349 e. The maximum absolute atomic E-state index is 7.30. The van der Waals surface area contributed by atoms with Crippen molar-refractivity contribution in [1.29, 1.82) is 5.41 Å². The number of nitrogens with one attached hydrogen (secondary N) is 2. The summed E-state index contributed by atoms with van der Waals surface area (Å²) in [6.45, 7) is 6.83. The standard InChI is InChI=1S/C7H17N3/c1-5-9-7(3)10(4)6(2)8/h7-9H,5H2,1-4H3. The number of hydrogen-bond acceptors (Lipinski definition) is 2. The van der Waals surface area contributed by atoms with E-state index in [2.05, 4.69) is 12.2 Å². The van der Waals surface area contributed by atoms with Crippen LogP contribution in [0.25, 0.3) is 0 Å². The summed E-state index contributed by atoms with van der Waals surface area (Å²) in [5, 5.41) is 10.5. The molecule has 0 aromatic rings. The van der Waals surface area contributed by atoms with Crippen molar-refractivity contribution in [2.75, 3.05) is 13.6 Å². The highest BCUT2D eigenvalue weighted by Gasteiger charge is 2.05. The van der Waals surface area contributed by atoms with Gasteiger partial charge in [-0.3, -0.25) is 10.7 Å². The molecule has 0 saturated heterocycles. The zero-order chi connectivity index (χ0) is 8.15. The summed E-state index contributed by atoms with van der Waals surface area (Å²) in [5.41, 5.74) is 0. The molecule has 0 bridgehead atoms. The van der Waals surface area contributed by atoms with Gasteiger partial charge in [0.2, 0.25) is 0 Å². The first-order valence-electron chi connectivity index (χ1n) is 3.61. The van der Waals surface area contributed by atoms with Crippen LogP contribution in [0.2, 0.25) is 0 Å². The summed E-state index contributed by atoms with van der Waals surface area (Å²) in [6.07, 6.45) is 0.266. The van der Waals surface area contributed by atoms with Gasteiger partial charge in [-0.2, -0.15) is 0 Å². The second-order valence-electron chi connectivity index (χ2n) is 2.43. The van der Waals surface area contributed by atoms with Crippen molar-refractivity contribution < 1.29 is 0 Å².